The summed E-state index contributed by atoms with van der Waals surface area (Å²) in [5.74, 6) is -1.51. The van der Waals surface area contributed by atoms with Crippen molar-refractivity contribution in [3.63, 3.8) is 0 Å². The molecule has 0 heterocycles. The summed E-state index contributed by atoms with van der Waals surface area (Å²) >= 11 is 0. The van der Waals surface area contributed by atoms with E-state index in [0.29, 0.717) is 5.56 Å². The second-order valence-electron chi connectivity index (χ2n) is 10.6. The number of nitrogens with zero attached hydrogens (tertiary/aromatic N) is 1. The Bertz CT molecular complexity index is 915. The summed E-state index contributed by atoms with van der Waals surface area (Å²) in [5.41, 5.74) is 6.63. The Morgan fingerprint density at radius 3 is 2.09 bits per heavy atom. The van der Waals surface area contributed by atoms with Crippen molar-refractivity contribution < 1.29 is 23.9 Å². The molecule has 4 N–H and O–H groups in total. The highest BCUT2D eigenvalue weighted by Gasteiger charge is 2.35. The number of alkyl carbamates (subject to hydrolysis) is 1. The Morgan fingerprint density at radius 2 is 1.62 bits per heavy atom. The van der Waals surface area contributed by atoms with Crippen LogP contribution >= 0.6 is 0 Å². The molecule has 0 aromatic heterocycles. The van der Waals surface area contributed by atoms with Crippen molar-refractivity contribution >= 4 is 23.8 Å². The Balaban J connectivity index is 3.34. The fraction of sp³-hybridized carbons (Fsp3) is 0.600. The van der Waals surface area contributed by atoms with E-state index in [1.807, 2.05) is 46.8 Å². The van der Waals surface area contributed by atoms with Gasteiger partial charge in [-0.15, -0.1) is 0 Å². The minimum atomic E-state index is -1.11. The number of nitrogens with two attached hydrogens (primary N) is 1. The number of nitrogens with one attached hydrogen (secondary N) is 2. The highest BCUT2D eigenvalue weighted by Crippen LogP contribution is 2.25. The first-order valence-electron chi connectivity index (χ1n) is 11.3. The standard InChI is InChI=1S/C25H40N4O5/c1-15-10-11-17(14-16(15)2)20(21(31)28-24(3,4)5)29(9)22(32)18(12-13-19(26)30)27-23(33)34-25(6,7)8/h10-11,14,18,20H,12-13H2,1-9H3,(H2,26,30)(H,27,33)(H,28,31). The molecule has 1 rings (SSSR count). The number of carbonyl (C=O) groups is 4. The van der Waals surface area contributed by atoms with Gasteiger partial charge >= 0.3 is 6.09 Å². The van der Waals surface area contributed by atoms with E-state index in [2.05, 4.69) is 10.6 Å². The number of aryl methyl sites for hydroxylation is 2. The van der Waals surface area contributed by atoms with Gasteiger partial charge in [-0.25, -0.2) is 4.79 Å². The Hall–Kier alpha value is -3.10. The first kappa shape index (κ1) is 28.9. The quantitative estimate of drug-likeness (QED) is 0.531. The van der Waals surface area contributed by atoms with Crippen molar-refractivity contribution in [3.05, 3.63) is 34.9 Å². The van der Waals surface area contributed by atoms with Gasteiger partial charge in [0.05, 0.1) is 0 Å². The molecule has 1 aromatic carbocycles. The van der Waals surface area contributed by atoms with Crippen LogP contribution in [-0.4, -0.2) is 52.9 Å². The molecule has 2 unspecified atom stereocenters. The van der Waals surface area contributed by atoms with Crippen molar-refractivity contribution in [1.82, 2.24) is 15.5 Å². The van der Waals surface area contributed by atoms with Gasteiger partial charge in [0, 0.05) is 19.0 Å². The van der Waals surface area contributed by atoms with E-state index in [4.69, 9.17) is 10.5 Å². The summed E-state index contributed by atoms with van der Waals surface area (Å²) in [6.07, 6.45) is -0.952. The molecule has 9 heteroatoms. The summed E-state index contributed by atoms with van der Waals surface area (Å²) in [6, 6.07) is 3.50. The number of likely N-dealkylation sites (N-methyl/N-ethyl adjacent to an activating group) is 1. The van der Waals surface area contributed by atoms with E-state index >= 15 is 0 Å². The van der Waals surface area contributed by atoms with Gasteiger partial charge in [-0.05, 0) is 78.5 Å². The van der Waals surface area contributed by atoms with Gasteiger partial charge in [-0.2, -0.15) is 0 Å². The minimum absolute atomic E-state index is 0.0295. The molecule has 0 saturated carbocycles. The molecule has 190 valence electrons. The lowest BCUT2D eigenvalue weighted by atomic mass is 9.97. The molecule has 0 aliphatic heterocycles. The lowest BCUT2D eigenvalue weighted by molar-refractivity contribution is -0.141. The zero-order valence-electron chi connectivity index (χ0n) is 21.9. The van der Waals surface area contributed by atoms with Crippen LogP contribution in [0.3, 0.4) is 0 Å². The highest BCUT2D eigenvalue weighted by atomic mass is 16.6. The third kappa shape index (κ3) is 9.41. The zero-order valence-corrected chi connectivity index (χ0v) is 21.9. The average Bonchev–Trinajstić information content (AvgIpc) is 2.64. The molecule has 1 aromatic rings. The zero-order chi connectivity index (χ0) is 26.4. The van der Waals surface area contributed by atoms with Crippen molar-refractivity contribution in [1.29, 1.82) is 0 Å². The Labute approximate surface area is 202 Å². The fourth-order valence-electron chi connectivity index (χ4n) is 3.29. The largest absolute Gasteiger partial charge is 0.444 e. The van der Waals surface area contributed by atoms with Crippen molar-refractivity contribution in [2.45, 2.75) is 91.5 Å². The molecule has 0 bridgehead atoms. The van der Waals surface area contributed by atoms with Crippen LogP contribution < -0.4 is 16.4 Å². The number of hydrogen-bond acceptors (Lipinski definition) is 5. The number of carbonyl (C=O) groups excluding carboxylic acids is 4. The number of benzene rings is 1. The molecule has 0 radical (unpaired) electrons. The Morgan fingerprint density at radius 1 is 1.03 bits per heavy atom. The smallest absolute Gasteiger partial charge is 0.408 e. The summed E-state index contributed by atoms with van der Waals surface area (Å²) in [5, 5.41) is 5.46. The van der Waals surface area contributed by atoms with Gasteiger partial charge < -0.3 is 26.0 Å². The van der Waals surface area contributed by atoms with Crippen molar-refractivity contribution in [2.24, 2.45) is 5.73 Å². The van der Waals surface area contributed by atoms with Crippen LogP contribution in [0.1, 0.15) is 77.1 Å². The van der Waals surface area contributed by atoms with Gasteiger partial charge in [-0.3, -0.25) is 14.4 Å². The van der Waals surface area contributed by atoms with Gasteiger partial charge in [-0.1, -0.05) is 18.2 Å². The average molecular weight is 477 g/mol. The van der Waals surface area contributed by atoms with Crippen LogP contribution in [-0.2, 0) is 19.1 Å². The number of amides is 4. The van der Waals surface area contributed by atoms with Crippen LogP contribution in [0.5, 0.6) is 0 Å². The summed E-state index contributed by atoms with van der Waals surface area (Å²) in [6.45, 7) is 14.5. The maximum atomic E-state index is 13.5. The minimum Gasteiger partial charge on any atom is -0.444 e. The van der Waals surface area contributed by atoms with Crippen LogP contribution in [0.25, 0.3) is 0 Å². The lowest BCUT2D eigenvalue weighted by Gasteiger charge is -2.33. The first-order chi connectivity index (χ1) is 15.4. The topological polar surface area (TPSA) is 131 Å². The molecule has 4 amide bonds. The molecule has 0 aliphatic carbocycles. The van der Waals surface area contributed by atoms with Crippen LogP contribution in [0, 0.1) is 13.8 Å². The normalized spacial score (nSPS) is 13.4. The van der Waals surface area contributed by atoms with Crippen molar-refractivity contribution in [3.8, 4) is 0 Å². The first-order valence-corrected chi connectivity index (χ1v) is 11.3. The van der Waals surface area contributed by atoms with E-state index in [1.54, 1.807) is 26.8 Å². The van der Waals surface area contributed by atoms with E-state index in [1.165, 1.54) is 11.9 Å². The molecule has 2 atom stereocenters. The van der Waals surface area contributed by atoms with Crippen LogP contribution in [0.15, 0.2) is 18.2 Å². The molecular formula is C25H40N4O5. The molecular weight excluding hydrogens is 436 g/mol. The van der Waals surface area contributed by atoms with Gasteiger partial charge in [0.2, 0.25) is 17.7 Å². The molecule has 34 heavy (non-hydrogen) atoms. The third-order valence-corrected chi connectivity index (χ3v) is 5.00. The molecule has 0 aliphatic rings. The second kappa shape index (κ2) is 11.4. The van der Waals surface area contributed by atoms with Crippen LogP contribution in [0.2, 0.25) is 0 Å². The van der Waals surface area contributed by atoms with Gasteiger partial charge in [0.25, 0.3) is 0 Å². The number of rotatable bonds is 8. The van der Waals surface area contributed by atoms with E-state index in [0.717, 1.165) is 11.1 Å². The maximum Gasteiger partial charge on any atom is 0.408 e. The van der Waals surface area contributed by atoms with E-state index in [9.17, 15) is 19.2 Å². The maximum absolute atomic E-state index is 13.5. The van der Waals surface area contributed by atoms with Crippen LogP contribution in [0.4, 0.5) is 4.79 Å². The predicted molar refractivity (Wildman–Crippen MR) is 131 cm³/mol. The summed E-state index contributed by atoms with van der Waals surface area (Å²) in [7, 11) is 1.50. The van der Waals surface area contributed by atoms with Crippen molar-refractivity contribution in [2.75, 3.05) is 7.05 Å². The number of primary amides is 1. The monoisotopic (exact) mass is 476 g/mol. The summed E-state index contributed by atoms with van der Waals surface area (Å²) in [4.78, 5) is 51.9. The highest BCUT2D eigenvalue weighted by molar-refractivity contribution is 5.92. The third-order valence-electron chi connectivity index (χ3n) is 5.00. The predicted octanol–water partition coefficient (Wildman–Crippen LogP) is 2.88. The fourth-order valence-corrected chi connectivity index (χ4v) is 3.29. The molecule has 0 spiro atoms. The Kier molecular flexibility index (Phi) is 9.66. The van der Waals surface area contributed by atoms with E-state index < -0.39 is 41.1 Å². The summed E-state index contributed by atoms with van der Waals surface area (Å²) < 4.78 is 5.28. The number of ether oxygens (including phenoxy) is 1. The molecule has 9 nitrogen and oxygen atoms in total. The number of hydrogen-bond donors (Lipinski definition) is 3. The molecule has 0 saturated heterocycles. The van der Waals surface area contributed by atoms with Gasteiger partial charge in [0.15, 0.2) is 0 Å². The van der Waals surface area contributed by atoms with Gasteiger partial charge in [0.1, 0.15) is 17.7 Å². The molecule has 0 fully saturated rings. The lowest BCUT2D eigenvalue weighted by Crippen LogP contribution is -2.53. The SMILES string of the molecule is Cc1ccc(C(C(=O)NC(C)(C)C)N(C)C(=O)C(CCC(N)=O)NC(=O)OC(C)(C)C)cc1C. The van der Waals surface area contributed by atoms with E-state index in [-0.39, 0.29) is 18.7 Å². The second-order valence-corrected chi connectivity index (χ2v) is 10.6.